The summed E-state index contributed by atoms with van der Waals surface area (Å²) in [5, 5.41) is -0.326. The summed E-state index contributed by atoms with van der Waals surface area (Å²) in [6.45, 7) is 0.685. The number of hydrogen-bond acceptors (Lipinski definition) is 8. The normalized spacial score (nSPS) is 12.0. The van der Waals surface area contributed by atoms with E-state index in [1.165, 1.54) is 31.2 Å². The van der Waals surface area contributed by atoms with Gasteiger partial charge in [0, 0.05) is 19.2 Å². The monoisotopic (exact) mass is 574 g/mol. The number of esters is 2. The number of hydrogen-bond donors (Lipinski definition) is 0. The minimum atomic E-state index is -5.01. The second kappa shape index (κ2) is 11.6. The summed E-state index contributed by atoms with van der Waals surface area (Å²) in [7, 11) is 1.89. The number of halogens is 5. The predicted molar refractivity (Wildman–Crippen MR) is 127 cm³/mol. The molecule has 15 heteroatoms. The topological polar surface area (TPSA) is 115 Å². The minimum Gasteiger partial charge on any atom is -0.475 e. The average Bonchev–Trinajstić information content (AvgIpc) is 2.87. The third-order valence-electron chi connectivity index (χ3n) is 5.12. The lowest BCUT2D eigenvalue weighted by atomic mass is 10.2. The number of rotatable bonds is 8. The summed E-state index contributed by atoms with van der Waals surface area (Å²) in [6.07, 6.45) is -6.24. The Morgan fingerprint density at radius 3 is 2.31 bits per heavy atom. The van der Waals surface area contributed by atoms with Gasteiger partial charge < -0.3 is 18.9 Å². The molecular weight excluding hydrogens is 556 g/mol. The van der Waals surface area contributed by atoms with E-state index in [4.69, 9.17) is 25.8 Å². The average molecular weight is 575 g/mol. The quantitative estimate of drug-likeness (QED) is 0.296. The maximum absolute atomic E-state index is 14.8. The van der Waals surface area contributed by atoms with Crippen molar-refractivity contribution in [3.05, 3.63) is 79.8 Å². The Morgan fingerprint density at radius 1 is 1.05 bits per heavy atom. The fourth-order valence-corrected chi connectivity index (χ4v) is 3.37. The molecular formula is C24H19ClF4N2O8. The first kappa shape index (κ1) is 29.2. The number of nitrogens with zero attached hydrogens (tertiary/aromatic N) is 2. The fraction of sp³-hybridized carbons (Fsp3) is 0.250. The Morgan fingerprint density at radius 2 is 1.69 bits per heavy atom. The van der Waals surface area contributed by atoms with Crippen LogP contribution in [0.4, 0.5) is 17.6 Å². The number of carbonyl (C=O) groups is 2. The summed E-state index contributed by atoms with van der Waals surface area (Å²) in [5.74, 6) is -3.28. The Balaban J connectivity index is 1.97. The number of para-hydroxylation sites is 2. The molecule has 3 rings (SSSR count). The van der Waals surface area contributed by atoms with Gasteiger partial charge in [-0.25, -0.2) is 23.3 Å². The number of carbonyl (C=O) groups excluding carboxylic acids is 2. The zero-order chi connectivity index (χ0) is 29.1. The van der Waals surface area contributed by atoms with Gasteiger partial charge in [-0.1, -0.05) is 23.7 Å². The van der Waals surface area contributed by atoms with Gasteiger partial charge in [0.25, 0.3) is 5.56 Å². The second-order valence-electron chi connectivity index (χ2n) is 7.77. The van der Waals surface area contributed by atoms with Crippen molar-refractivity contribution < 1.29 is 46.1 Å². The molecule has 1 heterocycles. The first-order valence-electron chi connectivity index (χ1n) is 10.8. The lowest BCUT2D eigenvalue weighted by Gasteiger charge is -2.18. The second-order valence-corrected chi connectivity index (χ2v) is 8.18. The van der Waals surface area contributed by atoms with E-state index in [1.807, 2.05) is 0 Å². The van der Waals surface area contributed by atoms with Crippen LogP contribution in [0.3, 0.4) is 0 Å². The largest absolute Gasteiger partial charge is 0.475 e. The van der Waals surface area contributed by atoms with Crippen molar-refractivity contribution in [2.24, 2.45) is 7.05 Å². The van der Waals surface area contributed by atoms with E-state index in [-0.39, 0.29) is 37.5 Å². The van der Waals surface area contributed by atoms with Gasteiger partial charge in [0.15, 0.2) is 24.2 Å². The number of alkyl halides is 3. The molecule has 0 bridgehead atoms. The maximum Gasteiger partial charge on any atom is 0.431 e. The first-order valence-corrected chi connectivity index (χ1v) is 11.2. The standard InChI is InChI=1S/C24H19ClF4N2O8/c1-12(22(34)37-11-21(33)36-3)38-16-6-4-5-7-17(16)39-18-9-15(14(26)8-13(18)25)31-20(32)10-19(24(27,28)29)30(2)23(31)35/h4-10,12H,11H2,1-3H3. The van der Waals surface area contributed by atoms with Crippen molar-refractivity contribution in [3.63, 3.8) is 0 Å². The molecule has 3 aromatic rings. The summed E-state index contributed by atoms with van der Waals surface area (Å²) in [6, 6.07) is 7.51. The van der Waals surface area contributed by atoms with Gasteiger partial charge in [-0.2, -0.15) is 13.2 Å². The highest BCUT2D eigenvalue weighted by atomic mass is 35.5. The molecule has 2 aromatic carbocycles. The van der Waals surface area contributed by atoms with Gasteiger partial charge in [0.05, 0.1) is 17.8 Å². The van der Waals surface area contributed by atoms with E-state index >= 15 is 0 Å². The van der Waals surface area contributed by atoms with Gasteiger partial charge in [0.2, 0.25) is 0 Å². The van der Waals surface area contributed by atoms with Gasteiger partial charge >= 0.3 is 23.8 Å². The Hall–Kier alpha value is -4.33. The smallest absolute Gasteiger partial charge is 0.431 e. The fourth-order valence-electron chi connectivity index (χ4n) is 3.18. The molecule has 0 fully saturated rings. The Bertz CT molecular complexity index is 1530. The molecule has 0 aliphatic carbocycles. The van der Waals surface area contributed by atoms with Crippen LogP contribution in [0.1, 0.15) is 12.6 Å². The van der Waals surface area contributed by atoms with Crippen LogP contribution in [0.15, 0.2) is 52.1 Å². The molecule has 1 atom stereocenters. The van der Waals surface area contributed by atoms with Crippen LogP contribution in [0.25, 0.3) is 5.69 Å². The van der Waals surface area contributed by atoms with E-state index in [1.54, 1.807) is 0 Å². The van der Waals surface area contributed by atoms with Gasteiger partial charge in [-0.3, -0.25) is 9.36 Å². The molecule has 0 spiro atoms. The van der Waals surface area contributed by atoms with E-state index in [9.17, 15) is 36.7 Å². The highest BCUT2D eigenvalue weighted by Crippen LogP contribution is 2.37. The van der Waals surface area contributed by atoms with Crippen LogP contribution in [0.5, 0.6) is 17.2 Å². The molecule has 39 heavy (non-hydrogen) atoms. The molecule has 1 unspecified atom stereocenters. The van der Waals surface area contributed by atoms with E-state index in [2.05, 4.69) is 4.74 Å². The van der Waals surface area contributed by atoms with Crippen LogP contribution in [-0.4, -0.2) is 40.9 Å². The summed E-state index contributed by atoms with van der Waals surface area (Å²) >= 11 is 6.08. The third-order valence-corrected chi connectivity index (χ3v) is 5.41. The highest BCUT2D eigenvalue weighted by molar-refractivity contribution is 6.32. The zero-order valence-corrected chi connectivity index (χ0v) is 21.1. The molecule has 1 aromatic heterocycles. The molecule has 0 aliphatic heterocycles. The van der Waals surface area contributed by atoms with Crippen LogP contribution < -0.4 is 20.7 Å². The number of aromatic nitrogens is 2. The summed E-state index contributed by atoms with van der Waals surface area (Å²) < 4.78 is 75.0. The summed E-state index contributed by atoms with van der Waals surface area (Å²) in [5.41, 5.74) is -5.16. The van der Waals surface area contributed by atoms with Crippen molar-refractivity contribution in [3.8, 4) is 22.9 Å². The van der Waals surface area contributed by atoms with E-state index in [0.717, 1.165) is 20.2 Å². The molecule has 208 valence electrons. The van der Waals surface area contributed by atoms with Gasteiger partial charge in [0.1, 0.15) is 17.3 Å². The van der Waals surface area contributed by atoms with E-state index in [0.29, 0.717) is 6.07 Å². The van der Waals surface area contributed by atoms with E-state index < -0.39 is 59.3 Å². The van der Waals surface area contributed by atoms with Gasteiger partial charge in [-0.05, 0) is 25.1 Å². The molecule has 0 saturated carbocycles. The maximum atomic E-state index is 14.8. The molecule has 0 radical (unpaired) electrons. The van der Waals surface area contributed by atoms with Crippen molar-refractivity contribution >= 4 is 23.5 Å². The molecule has 0 aliphatic rings. The highest BCUT2D eigenvalue weighted by Gasteiger charge is 2.35. The lowest BCUT2D eigenvalue weighted by Crippen LogP contribution is -2.41. The number of benzene rings is 2. The van der Waals surface area contributed by atoms with Crippen molar-refractivity contribution in [2.45, 2.75) is 19.2 Å². The number of methoxy groups -OCH3 is 1. The van der Waals surface area contributed by atoms with Crippen LogP contribution in [0.2, 0.25) is 5.02 Å². The van der Waals surface area contributed by atoms with Crippen LogP contribution >= 0.6 is 11.6 Å². The molecule has 0 saturated heterocycles. The molecule has 0 N–H and O–H groups in total. The SMILES string of the molecule is COC(=O)COC(=O)C(C)Oc1ccccc1Oc1cc(-n2c(=O)cc(C(F)(F)F)n(C)c2=O)c(F)cc1Cl. The summed E-state index contributed by atoms with van der Waals surface area (Å²) in [4.78, 5) is 48.3. The Labute approximate surface area is 221 Å². The predicted octanol–water partition coefficient (Wildman–Crippen LogP) is 3.62. The third kappa shape index (κ3) is 6.57. The van der Waals surface area contributed by atoms with Crippen LogP contribution in [-0.2, 0) is 32.3 Å². The number of ether oxygens (including phenoxy) is 4. The van der Waals surface area contributed by atoms with Gasteiger partial charge in [-0.15, -0.1) is 0 Å². The minimum absolute atomic E-state index is 0.0235. The first-order chi connectivity index (χ1) is 18.2. The Kier molecular flexibility index (Phi) is 8.69. The van der Waals surface area contributed by atoms with Crippen molar-refractivity contribution in [1.82, 2.24) is 9.13 Å². The van der Waals surface area contributed by atoms with Crippen LogP contribution in [0, 0.1) is 5.82 Å². The zero-order valence-electron chi connectivity index (χ0n) is 20.4. The lowest BCUT2D eigenvalue weighted by molar-refractivity contribution is -0.161. The van der Waals surface area contributed by atoms with Crippen molar-refractivity contribution in [2.75, 3.05) is 13.7 Å². The van der Waals surface area contributed by atoms with Crippen molar-refractivity contribution in [1.29, 1.82) is 0 Å². The molecule has 10 nitrogen and oxygen atoms in total. The molecule has 0 amide bonds.